The third kappa shape index (κ3) is 3.47. The Hall–Kier alpha value is -2.31. The summed E-state index contributed by atoms with van der Waals surface area (Å²) in [5.74, 6) is -1.66. The van der Waals surface area contributed by atoms with E-state index in [9.17, 15) is 9.59 Å². The quantitative estimate of drug-likeness (QED) is 0.735. The summed E-state index contributed by atoms with van der Waals surface area (Å²) in [6.07, 6.45) is 0. The lowest BCUT2D eigenvalue weighted by Gasteiger charge is -2.41. The Morgan fingerprint density at radius 2 is 2.00 bits per heavy atom. The van der Waals surface area contributed by atoms with Crippen LogP contribution < -0.4 is 0 Å². The van der Waals surface area contributed by atoms with Crippen molar-refractivity contribution in [2.24, 2.45) is 0 Å². The number of methoxy groups -OCH3 is 1. The maximum absolute atomic E-state index is 12.9. The molecule has 2 aliphatic rings. The summed E-state index contributed by atoms with van der Waals surface area (Å²) in [4.78, 5) is 27.6. The van der Waals surface area contributed by atoms with Gasteiger partial charge in [0.05, 0.1) is 49.7 Å². The second-order valence-corrected chi connectivity index (χ2v) is 6.64. The van der Waals surface area contributed by atoms with Gasteiger partial charge in [-0.15, -0.1) is 0 Å². The number of ether oxygens (including phenoxy) is 3. The summed E-state index contributed by atoms with van der Waals surface area (Å²) >= 11 is 6.45. The van der Waals surface area contributed by atoms with Crippen molar-refractivity contribution in [3.8, 4) is 0 Å². The monoisotopic (exact) mass is 391 g/mol. The number of hydrogen-bond donors (Lipinski definition) is 0. The van der Waals surface area contributed by atoms with Crippen LogP contribution in [0.1, 0.15) is 25.3 Å². The number of rotatable bonds is 4. The molecular formula is C20H22ClNO5. The van der Waals surface area contributed by atoms with E-state index >= 15 is 0 Å². The number of morpholine rings is 1. The van der Waals surface area contributed by atoms with Crippen molar-refractivity contribution in [2.75, 3.05) is 33.5 Å². The fourth-order valence-electron chi connectivity index (χ4n) is 3.64. The Labute approximate surface area is 163 Å². The maximum atomic E-state index is 12.9. The second kappa shape index (κ2) is 8.15. The van der Waals surface area contributed by atoms with Crippen molar-refractivity contribution in [3.63, 3.8) is 0 Å². The zero-order chi connectivity index (χ0) is 19.6. The van der Waals surface area contributed by atoms with Crippen molar-refractivity contribution < 1.29 is 23.8 Å². The number of hydrogen-bond acceptors (Lipinski definition) is 6. The van der Waals surface area contributed by atoms with Gasteiger partial charge in [-0.05, 0) is 25.5 Å². The van der Waals surface area contributed by atoms with Crippen LogP contribution in [0, 0.1) is 0 Å². The third-order valence-corrected chi connectivity index (χ3v) is 5.17. The molecule has 0 N–H and O–H groups in total. The number of carbonyl (C=O) groups excluding carboxylic acids is 2. The number of benzene rings is 1. The topological polar surface area (TPSA) is 65.1 Å². The van der Waals surface area contributed by atoms with Crippen molar-refractivity contribution in [1.29, 1.82) is 0 Å². The number of nitrogens with zero attached hydrogens (tertiary/aromatic N) is 1. The third-order valence-electron chi connectivity index (χ3n) is 4.82. The van der Waals surface area contributed by atoms with Crippen LogP contribution >= 0.6 is 11.6 Å². The molecule has 1 aromatic rings. The van der Waals surface area contributed by atoms with Crippen LogP contribution in [-0.4, -0.2) is 50.3 Å². The van der Waals surface area contributed by atoms with E-state index in [0.29, 0.717) is 40.6 Å². The molecule has 3 rings (SSSR count). The van der Waals surface area contributed by atoms with Crippen molar-refractivity contribution in [2.45, 2.75) is 19.8 Å². The Morgan fingerprint density at radius 1 is 1.26 bits per heavy atom. The minimum absolute atomic E-state index is 0.224. The lowest BCUT2D eigenvalue weighted by atomic mass is 9.79. The van der Waals surface area contributed by atoms with Gasteiger partial charge in [0.15, 0.2) is 0 Å². The van der Waals surface area contributed by atoms with E-state index in [2.05, 4.69) is 0 Å². The molecule has 0 bridgehead atoms. The normalized spacial score (nSPS) is 19.7. The summed E-state index contributed by atoms with van der Waals surface area (Å²) in [6.45, 7) is 5.13. The van der Waals surface area contributed by atoms with Gasteiger partial charge >= 0.3 is 11.9 Å². The van der Waals surface area contributed by atoms with Gasteiger partial charge in [-0.3, -0.25) is 0 Å². The van der Waals surface area contributed by atoms with Crippen LogP contribution in [-0.2, 0) is 23.8 Å². The molecule has 2 heterocycles. The van der Waals surface area contributed by atoms with Gasteiger partial charge in [-0.2, -0.15) is 0 Å². The van der Waals surface area contributed by atoms with Crippen LogP contribution in [0.4, 0.5) is 0 Å². The van der Waals surface area contributed by atoms with Crippen molar-refractivity contribution in [1.82, 2.24) is 4.90 Å². The summed E-state index contributed by atoms with van der Waals surface area (Å²) in [6, 6.07) is 7.17. The average Bonchev–Trinajstić information content (AvgIpc) is 2.68. The van der Waals surface area contributed by atoms with Crippen LogP contribution in [0.15, 0.2) is 46.8 Å². The van der Waals surface area contributed by atoms with E-state index in [0.717, 1.165) is 5.70 Å². The Balaban J connectivity index is 2.28. The number of halogens is 1. The largest absolute Gasteiger partial charge is 0.466 e. The van der Waals surface area contributed by atoms with Gasteiger partial charge in [0, 0.05) is 17.3 Å². The van der Waals surface area contributed by atoms with Crippen LogP contribution in [0.2, 0.25) is 5.02 Å². The van der Waals surface area contributed by atoms with Crippen molar-refractivity contribution in [3.05, 3.63) is 57.4 Å². The zero-order valence-electron chi connectivity index (χ0n) is 15.6. The van der Waals surface area contributed by atoms with E-state index in [4.69, 9.17) is 25.8 Å². The molecule has 6 nitrogen and oxygen atoms in total. The van der Waals surface area contributed by atoms with E-state index in [1.165, 1.54) is 7.11 Å². The van der Waals surface area contributed by atoms with E-state index in [1.54, 1.807) is 19.1 Å². The molecule has 0 radical (unpaired) electrons. The Bertz CT molecular complexity index is 829. The molecule has 144 valence electrons. The van der Waals surface area contributed by atoms with Gasteiger partial charge in [0.1, 0.15) is 0 Å². The number of fused-ring (bicyclic) bond motifs is 1. The number of allylic oxidation sites excluding steroid dienone is 1. The molecule has 0 amide bonds. The van der Waals surface area contributed by atoms with Gasteiger partial charge in [-0.25, -0.2) is 9.59 Å². The molecule has 2 aliphatic heterocycles. The summed E-state index contributed by atoms with van der Waals surface area (Å²) in [5, 5.41) is 0.462. The van der Waals surface area contributed by atoms with Crippen LogP contribution in [0.3, 0.4) is 0 Å². The minimum atomic E-state index is -0.682. The lowest BCUT2D eigenvalue weighted by molar-refractivity contribution is -0.139. The average molecular weight is 392 g/mol. The molecule has 1 saturated heterocycles. The zero-order valence-corrected chi connectivity index (χ0v) is 16.3. The minimum Gasteiger partial charge on any atom is -0.466 e. The molecule has 27 heavy (non-hydrogen) atoms. The Morgan fingerprint density at radius 3 is 2.67 bits per heavy atom. The molecule has 1 atom stereocenters. The first kappa shape index (κ1) is 19.5. The first-order valence-electron chi connectivity index (χ1n) is 8.80. The summed E-state index contributed by atoms with van der Waals surface area (Å²) < 4.78 is 16.0. The standard InChI is InChI=1S/C20H22ClNO5/c1-4-27-20(24)18-15-11-26-10-9-22(15)12(2)16(19(23)25-3)17(18)13-7-5-6-8-14(13)21/h5-8,17H,4,9-11H2,1-3H3. The molecule has 0 aliphatic carbocycles. The number of carbonyl (C=O) groups is 2. The van der Waals surface area contributed by atoms with E-state index in [1.807, 2.05) is 24.0 Å². The van der Waals surface area contributed by atoms with Gasteiger partial charge in [0.25, 0.3) is 0 Å². The van der Waals surface area contributed by atoms with Gasteiger partial charge in [0.2, 0.25) is 0 Å². The van der Waals surface area contributed by atoms with Crippen LogP contribution in [0.25, 0.3) is 0 Å². The van der Waals surface area contributed by atoms with Gasteiger partial charge < -0.3 is 19.1 Å². The first-order valence-corrected chi connectivity index (χ1v) is 9.18. The highest BCUT2D eigenvalue weighted by Gasteiger charge is 2.43. The summed E-state index contributed by atoms with van der Waals surface area (Å²) in [7, 11) is 1.33. The SMILES string of the molecule is CCOC(=O)C1=C2COCCN2C(C)=C(C(=O)OC)C1c1ccccc1Cl. The fourth-order valence-corrected chi connectivity index (χ4v) is 3.88. The molecule has 1 aromatic carbocycles. The van der Waals surface area contributed by atoms with Crippen molar-refractivity contribution >= 4 is 23.5 Å². The number of esters is 2. The van der Waals surface area contributed by atoms with E-state index < -0.39 is 17.9 Å². The molecule has 0 spiro atoms. The smallest absolute Gasteiger partial charge is 0.336 e. The highest BCUT2D eigenvalue weighted by Crippen LogP contribution is 2.45. The molecule has 1 unspecified atom stereocenters. The summed E-state index contributed by atoms with van der Waals surface area (Å²) in [5.41, 5.74) is 2.85. The second-order valence-electron chi connectivity index (χ2n) is 6.23. The predicted octanol–water partition coefficient (Wildman–Crippen LogP) is 3.03. The lowest BCUT2D eigenvalue weighted by Crippen LogP contribution is -2.42. The highest BCUT2D eigenvalue weighted by molar-refractivity contribution is 6.31. The molecule has 0 saturated carbocycles. The molecule has 0 aromatic heterocycles. The first-order chi connectivity index (χ1) is 13.0. The Kier molecular flexibility index (Phi) is 5.87. The van der Waals surface area contributed by atoms with Crippen LogP contribution in [0.5, 0.6) is 0 Å². The van der Waals surface area contributed by atoms with Gasteiger partial charge in [-0.1, -0.05) is 29.8 Å². The molecule has 7 heteroatoms. The maximum Gasteiger partial charge on any atom is 0.336 e. The highest BCUT2D eigenvalue weighted by atomic mass is 35.5. The van der Waals surface area contributed by atoms with E-state index in [-0.39, 0.29) is 13.2 Å². The predicted molar refractivity (Wildman–Crippen MR) is 100 cm³/mol. The molecular weight excluding hydrogens is 370 g/mol. The molecule has 1 fully saturated rings. The fraction of sp³-hybridized carbons (Fsp3) is 0.400.